The Hall–Kier alpha value is -0.420. The third-order valence-electron chi connectivity index (χ3n) is 2.21. The Balaban J connectivity index is 4.88. The molecule has 13 heavy (non-hydrogen) atoms. The van der Waals surface area contributed by atoms with E-state index in [-0.39, 0.29) is 0 Å². The summed E-state index contributed by atoms with van der Waals surface area (Å²) in [6.45, 7) is 6.40. The monoisotopic (exact) mass is 208 g/mol. The highest BCUT2D eigenvalue weighted by Crippen LogP contribution is 2.32. The van der Waals surface area contributed by atoms with Gasteiger partial charge in [-0.25, -0.2) is 0 Å². The van der Waals surface area contributed by atoms with E-state index < -0.39 is 21.1 Å². The van der Waals surface area contributed by atoms with Gasteiger partial charge in [-0.1, -0.05) is 13.8 Å². The quantitative estimate of drug-likeness (QED) is 0.510. The summed E-state index contributed by atoms with van der Waals surface area (Å²) in [4.78, 5) is 10.7. The number of hydrogen-bond donors (Lipinski definition) is 0. The molecule has 0 rings (SSSR count). The predicted molar refractivity (Wildman–Crippen MR) is 49.9 cm³/mol. The van der Waals surface area contributed by atoms with E-state index in [0.29, 0.717) is 6.29 Å². The molecule has 0 aromatic carbocycles. The second-order valence-electron chi connectivity index (χ2n) is 4.14. The van der Waals surface area contributed by atoms with Gasteiger partial charge in [-0.05, 0) is 13.8 Å². The van der Waals surface area contributed by atoms with Crippen molar-refractivity contribution in [2.24, 2.45) is 5.41 Å². The summed E-state index contributed by atoms with van der Waals surface area (Å²) in [7, 11) is -3.53. The van der Waals surface area contributed by atoms with Gasteiger partial charge in [-0.3, -0.25) is 4.18 Å². The molecule has 4 nitrogen and oxygen atoms in total. The van der Waals surface area contributed by atoms with Crippen LogP contribution in [0.4, 0.5) is 0 Å². The van der Waals surface area contributed by atoms with Crippen molar-refractivity contribution in [2.45, 2.75) is 33.3 Å². The molecule has 0 spiro atoms. The molecular weight excluding hydrogens is 192 g/mol. The van der Waals surface area contributed by atoms with Crippen molar-refractivity contribution < 1.29 is 17.4 Å². The van der Waals surface area contributed by atoms with Gasteiger partial charge in [0.05, 0.1) is 17.3 Å². The lowest BCUT2D eigenvalue weighted by Crippen LogP contribution is -2.44. The Labute approximate surface area is 79.4 Å². The zero-order valence-electron chi connectivity index (χ0n) is 8.62. The van der Waals surface area contributed by atoms with E-state index in [0.717, 1.165) is 6.26 Å². The highest BCUT2D eigenvalue weighted by molar-refractivity contribution is 7.86. The van der Waals surface area contributed by atoms with Gasteiger partial charge < -0.3 is 4.79 Å². The molecule has 0 saturated heterocycles. The fourth-order valence-corrected chi connectivity index (χ4v) is 1.60. The van der Waals surface area contributed by atoms with Gasteiger partial charge >= 0.3 is 0 Å². The lowest BCUT2D eigenvalue weighted by atomic mass is 9.79. The lowest BCUT2D eigenvalue weighted by Gasteiger charge is -2.35. The maximum absolute atomic E-state index is 10.9. The van der Waals surface area contributed by atoms with Gasteiger partial charge in [0.1, 0.15) is 6.29 Å². The molecule has 0 aromatic heterocycles. The summed E-state index contributed by atoms with van der Waals surface area (Å²) in [6.07, 6.45) is 1.66. The van der Waals surface area contributed by atoms with Crippen LogP contribution in [0.3, 0.4) is 0 Å². The summed E-state index contributed by atoms with van der Waals surface area (Å²) in [5.41, 5.74) is -1.86. The van der Waals surface area contributed by atoms with Gasteiger partial charge in [-0.2, -0.15) is 8.42 Å². The number of carbonyl (C=O) groups is 1. The van der Waals surface area contributed by atoms with E-state index in [4.69, 9.17) is 4.18 Å². The highest BCUT2D eigenvalue weighted by Gasteiger charge is 2.40. The molecule has 0 amide bonds. The molecular formula is C8H16O4S. The highest BCUT2D eigenvalue weighted by atomic mass is 32.2. The summed E-state index contributed by atoms with van der Waals surface area (Å²) < 4.78 is 26.6. The molecule has 0 fully saturated rings. The maximum Gasteiger partial charge on any atom is 0.264 e. The first-order chi connectivity index (χ1) is 5.52. The van der Waals surface area contributed by atoms with Crippen LogP contribution in [0, 0.1) is 5.41 Å². The van der Waals surface area contributed by atoms with Crippen molar-refractivity contribution in [1.82, 2.24) is 0 Å². The summed E-state index contributed by atoms with van der Waals surface area (Å²) >= 11 is 0. The summed E-state index contributed by atoms with van der Waals surface area (Å²) in [6, 6.07) is 0. The normalized spacial score (nSPS) is 14.2. The van der Waals surface area contributed by atoms with Crippen LogP contribution in [0.5, 0.6) is 0 Å². The molecule has 0 aliphatic rings. The Kier molecular flexibility index (Phi) is 3.27. The van der Waals surface area contributed by atoms with Crippen molar-refractivity contribution in [2.75, 3.05) is 6.26 Å². The van der Waals surface area contributed by atoms with E-state index in [1.165, 1.54) is 0 Å². The maximum atomic E-state index is 10.9. The van der Waals surface area contributed by atoms with E-state index >= 15 is 0 Å². The van der Waals surface area contributed by atoms with Crippen molar-refractivity contribution in [3.63, 3.8) is 0 Å². The van der Waals surface area contributed by atoms with Crippen molar-refractivity contribution >= 4 is 16.4 Å². The molecule has 0 aliphatic heterocycles. The van der Waals surface area contributed by atoms with Crippen LogP contribution in [-0.2, 0) is 19.1 Å². The Bertz CT molecular complexity index is 287. The zero-order valence-corrected chi connectivity index (χ0v) is 9.44. The zero-order chi connectivity index (χ0) is 10.9. The molecule has 78 valence electrons. The molecule has 0 aromatic rings. The fourth-order valence-electron chi connectivity index (χ4n) is 0.628. The van der Waals surface area contributed by atoms with Gasteiger partial charge in [0, 0.05) is 0 Å². The number of rotatable bonds is 4. The van der Waals surface area contributed by atoms with Crippen LogP contribution in [0.1, 0.15) is 27.7 Å². The third-order valence-corrected chi connectivity index (χ3v) is 2.93. The molecule has 5 heteroatoms. The molecule has 0 atom stereocenters. The van der Waals surface area contributed by atoms with Gasteiger partial charge in [0.15, 0.2) is 0 Å². The lowest BCUT2D eigenvalue weighted by molar-refractivity contribution is -0.123. The van der Waals surface area contributed by atoms with E-state index in [1.807, 2.05) is 0 Å². The van der Waals surface area contributed by atoms with Crippen LogP contribution in [0.15, 0.2) is 0 Å². The molecule has 0 bridgehead atoms. The largest absolute Gasteiger partial charge is 0.303 e. The topological polar surface area (TPSA) is 60.4 Å². The first-order valence-corrected chi connectivity index (χ1v) is 5.70. The van der Waals surface area contributed by atoms with Crippen LogP contribution >= 0.6 is 0 Å². The summed E-state index contributed by atoms with van der Waals surface area (Å²) in [5.74, 6) is 0. The van der Waals surface area contributed by atoms with E-state index in [1.54, 1.807) is 27.7 Å². The Morgan fingerprint density at radius 2 is 1.54 bits per heavy atom. The number of carbonyl (C=O) groups excluding carboxylic acids is 1. The minimum absolute atomic E-state index is 0.693. The van der Waals surface area contributed by atoms with E-state index in [2.05, 4.69) is 0 Å². The van der Waals surface area contributed by atoms with Gasteiger partial charge in [-0.15, -0.1) is 0 Å². The van der Waals surface area contributed by atoms with Crippen LogP contribution in [0.25, 0.3) is 0 Å². The predicted octanol–water partition coefficient (Wildman–Crippen LogP) is 0.966. The second-order valence-corrected chi connectivity index (χ2v) is 5.71. The standard InChI is InChI=1S/C8H16O4S/c1-7(2,6-9)8(3,4)12-13(5,10)11/h6H,1-5H3. The average Bonchev–Trinajstić information content (AvgIpc) is 1.81. The summed E-state index contributed by atoms with van der Waals surface area (Å²) in [5, 5.41) is 0. The van der Waals surface area contributed by atoms with Crippen LogP contribution < -0.4 is 0 Å². The average molecular weight is 208 g/mol. The third kappa shape index (κ3) is 3.44. The minimum atomic E-state index is -3.53. The second kappa shape index (κ2) is 3.38. The van der Waals surface area contributed by atoms with Crippen molar-refractivity contribution in [1.29, 1.82) is 0 Å². The SMILES string of the molecule is CC(C)(C=O)C(C)(C)OS(C)(=O)=O. The van der Waals surface area contributed by atoms with Gasteiger partial charge in [0.2, 0.25) is 0 Å². The fraction of sp³-hybridized carbons (Fsp3) is 0.875. The molecule has 0 N–H and O–H groups in total. The minimum Gasteiger partial charge on any atom is -0.303 e. The number of hydrogen-bond acceptors (Lipinski definition) is 4. The molecule has 0 heterocycles. The molecule has 0 aliphatic carbocycles. The molecule has 0 unspecified atom stereocenters. The number of aldehydes is 1. The van der Waals surface area contributed by atoms with Crippen LogP contribution in [-0.4, -0.2) is 26.6 Å². The van der Waals surface area contributed by atoms with Gasteiger partial charge in [0.25, 0.3) is 10.1 Å². The smallest absolute Gasteiger partial charge is 0.264 e. The van der Waals surface area contributed by atoms with E-state index in [9.17, 15) is 13.2 Å². The van der Waals surface area contributed by atoms with Crippen molar-refractivity contribution in [3.8, 4) is 0 Å². The Morgan fingerprint density at radius 3 is 1.77 bits per heavy atom. The molecule has 0 saturated carbocycles. The van der Waals surface area contributed by atoms with Crippen molar-refractivity contribution in [3.05, 3.63) is 0 Å². The Morgan fingerprint density at radius 1 is 1.15 bits per heavy atom. The molecule has 0 radical (unpaired) electrons. The first-order valence-electron chi connectivity index (χ1n) is 3.89. The first kappa shape index (κ1) is 12.6. The van der Waals surface area contributed by atoms with Crippen LogP contribution in [0.2, 0.25) is 0 Å².